The average Bonchev–Trinajstić information content (AvgIpc) is 2.35. The van der Waals surface area contributed by atoms with Gasteiger partial charge in [0.05, 0.1) is 0 Å². The fraction of sp³-hybridized carbons (Fsp3) is 0.357. The number of urea groups is 1. The molecular formula is C14H22N4OS2. The molecule has 5 N–H and O–H groups in total. The summed E-state index contributed by atoms with van der Waals surface area (Å²) >= 11 is 5.97. The van der Waals surface area contributed by atoms with Crippen molar-refractivity contribution in [2.45, 2.75) is 31.2 Å². The van der Waals surface area contributed by atoms with Crippen LogP contribution in [0.25, 0.3) is 4.91 Å². The molecule has 0 spiro atoms. The molecule has 21 heavy (non-hydrogen) atoms. The van der Waals surface area contributed by atoms with Crippen LogP contribution in [0.4, 0.5) is 10.5 Å². The van der Waals surface area contributed by atoms with Crippen molar-refractivity contribution >= 4 is 41.2 Å². The number of benzene rings is 1. The predicted octanol–water partition coefficient (Wildman–Crippen LogP) is 3.02. The van der Waals surface area contributed by atoms with Crippen molar-refractivity contribution in [2.75, 3.05) is 12.4 Å². The Morgan fingerprint density at radius 2 is 2.05 bits per heavy atom. The number of anilines is 1. The van der Waals surface area contributed by atoms with E-state index in [-0.39, 0.29) is 5.54 Å². The maximum absolute atomic E-state index is 11.0. The van der Waals surface area contributed by atoms with Crippen LogP contribution >= 0.6 is 24.6 Å². The standard InChI is InChI=1S/C14H22N4OS2/c1-14(2,3)18-21-12-7-9(17-13(15)19)5-6-10(12)11(20)8-16-4/h5-8,16,18,20H,1-4H3,(H3,15,17,19)/b11-8-. The highest BCUT2D eigenvalue weighted by molar-refractivity contribution is 7.97. The smallest absolute Gasteiger partial charge is 0.316 e. The van der Waals surface area contributed by atoms with Crippen LogP contribution < -0.4 is 21.1 Å². The van der Waals surface area contributed by atoms with Gasteiger partial charge in [-0.25, -0.2) is 4.79 Å². The molecule has 1 aromatic carbocycles. The van der Waals surface area contributed by atoms with Gasteiger partial charge in [0, 0.05) is 39.8 Å². The Balaban J connectivity index is 3.11. The molecule has 1 aromatic rings. The normalized spacial score (nSPS) is 12.1. The summed E-state index contributed by atoms with van der Waals surface area (Å²) in [5.41, 5.74) is 6.72. The first-order valence-corrected chi connectivity index (χ1v) is 7.70. The summed E-state index contributed by atoms with van der Waals surface area (Å²) in [5, 5.41) is 5.53. The molecule has 1 rings (SSSR count). The monoisotopic (exact) mass is 326 g/mol. The van der Waals surface area contributed by atoms with Crippen molar-refractivity contribution in [1.82, 2.24) is 10.0 Å². The van der Waals surface area contributed by atoms with Gasteiger partial charge in [-0.15, -0.1) is 12.6 Å². The van der Waals surface area contributed by atoms with Gasteiger partial charge in [0.25, 0.3) is 0 Å². The minimum absolute atomic E-state index is 0.0431. The van der Waals surface area contributed by atoms with Crippen molar-refractivity contribution in [2.24, 2.45) is 5.73 Å². The SMILES string of the molecule is CN/C=C(\S)c1ccc(NC(N)=O)cc1SNC(C)(C)C. The van der Waals surface area contributed by atoms with E-state index in [1.807, 2.05) is 19.2 Å². The molecule has 0 saturated carbocycles. The molecule has 0 aromatic heterocycles. The van der Waals surface area contributed by atoms with Crippen molar-refractivity contribution in [1.29, 1.82) is 0 Å². The van der Waals surface area contributed by atoms with Gasteiger partial charge in [0.1, 0.15) is 0 Å². The molecular weight excluding hydrogens is 304 g/mol. The zero-order chi connectivity index (χ0) is 16.0. The second-order valence-corrected chi connectivity index (χ2v) is 6.80. The van der Waals surface area contributed by atoms with Gasteiger partial charge in [-0.1, -0.05) is 6.07 Å². The van der Waals surface area contributed by atoms with Gasteiger partial charge in [-0.05, 0) is 44.9 Å². The molecule has 0 bridgehead atoms. The van der Waals surface area contributed by atoms with Crippen LogP contribution in [-0.4, -0.2) is 18.6 Å². The first-order chi connectivity index (χ1) is 9.73. The van der Waals surface area contributed by atoms with E-state index in [4.69, 9.17) is 5.73 Å². The van der Waals surface area contributed by atoms with Crippen LogP contribution in [-0.2, 0) is 0 Å². The summed E-state index contributed by atoms with van der Waals surface area (Å²) in [4.78, 5) is 12.7. The number of rotatable bonds is 5. The maximum atomic E-state index is 11.0. The molecule has 7 heteroatoms. The number of nitrogens with one attached hydrogen (secondary N) is 3. The number of carbonyl (C=O) groups is 1. The highest BCUT2D eigenvalue weighted by atomic mass is 32.2. The van der Waals surface area contributed by atoms with Crippen LogP contribution in [0.5, 0.6) is 0 Å². The lowest BCUT2D eigenvalue weighted by molar-refractivity contribution is 0.259. The lowest BCUT2D eigenvalue weighted by Gasteiger charge is -2.21. The number of hydrogen-bond donors (Lipinski definition) is 5. The molecule has 2 amide bonds. The molecule has 0 fully saturated rings. The fourth-order valence-electron chi connectivity index (χ4n) is 1.46. The van der Waals surface area contributed by atoms with E-state index in [1.165, 1.54) is 11.9 Å². The number of thiol groups is 1. The zero-order valence-electron chi connectivity index (χ0n) is 12.7. The van der Waals surface area contributed by atoms with Gasteiger partial charge < -0.3 is 16.4 Å². The summed E-state index contributed by atoms with van der Waals surface area (Å²) in [6.45, 7) is 6.24. The summed E-state index contributed by atoms with van der Waals surface area (Å²) in [6.07, 6.45) is 1.81. The molecule has 5 nitrogen and oxygen atoms in total. The molecule has 0 unspecified atom stereocenters. The predicted molar refractivity (Wildman–Crippen MR) is 94.4 cm³/mol. The topological polar surface area (TPSA) is 79.2 Å². The second-order valence-electron chi connectivity index (χ2n) is 5.47. The fourth-order valence-corrected chi connectivity index (χ4v) is 2.75. The number of nitrogens with two attached hydrogens (primary N) is 1. The van der Waals surface area contributed by atoms with E-state index in [1.54, 1.807) is 12.3 Å². The maximum Gasteiger partial charge on any atom is 0.316 e. The molecule has 0 aliphatic rings. The Morgan fingerprint density at radius 1 is 1.38 bits per heavy atom. The van der Waals surface area contributed by atoms with Crippen LogP contribution in [0.2, 0.25) is 0 Å². The van der Waals surface area contributed by atoms with Crippen LogP contribution in [0.3, 0.4) is 0 Å². The van der Waals surface area contributed by atoms with Crippen LogP contribution in [0.1, 0.15) is 26.3 Å². The first kappa shape index (κ1) is 17.7. The van der Waals surface area contributed by atoms with Crippen molar-refractivity contribution < 1.29 is 4.79 Å². The highest BCUT2D eigenvalue weighted by Gasteiger charge is 2.13. The Bertz CT molecular complexity index is 538. The molecule has 0 aliphatic carbocycles. The highest BCUT2D eigenvalue weighted by Crippen LogP contribution is 2.32. The Hall–Kier alpha value is -1.31. The van der Waals surface area contributed by atoms with Crippen molar-refractivity contribution in [3.63, 3.8) is 0 Å². The third-order valence-electron chi connectivity index (χ3n) is 2.27. The van der Waals surface area contributed by atoms with Crippen molar-refractivity contribution in [3.05, 3.63) is 30.0 Å². The number of primary amides is 1. The van der Waals surface area contributed by atoms with Crippen molar-refractivity contribution in [3.8, 4) is 0 Å². The van der Waals surface area contributed by atoms with Gasteiger partial charge in [-0.2, -0.15) is 0 Å². The number of carbonyl (C=O) groups excluding carboxylic acids is 1. The van der Waals surface area contributed by atoms with E-state index in [0.717, 1.165) is 15.4 Å². The quantitative estimate of drug-likeness (QED) is 0.426. The van der Waals surface area contributed by atoms with E-state index < -0.39 is 6.03 Å². The Morgan fingerprint density at radius 3 is 2.57 bits per heavy atom. The van der Waals surface area contributed by atoms with Crippen LogP contribution in [0.15, 0.2) is 29.3 Å². The lowest BCUT2D eigenvalue weighted by Crippen LogP contribution is -2.29. The summed E-state index contributed by atoms with van der Waals surface area (Å²) in [5.74, 6) is 0. The molecule has 0 atom stereocenters. The van der Waals surface area contributed by atoms with E-state index >= 15 is 0 Å². The Kier molecular flexibility index (Phi) is 6.44. The van der Waals surface area contributed by atoms with Gasteiger partial charge in [-0.3, -0.25) is 4.72 Å². The van der Waals surface area contributed by atoms with Crippen LogP contribution in [0, 0.1) is 0 Å². The molecule has 0 radical (unpaired) electrons. The van der Waals surface area contributed by atoms with Gasteiger partial charge in [0.15, 0.2) is 0 Å². The van der Waals surface area contributed by atoms with Gasteiger partial charge >= 0.3 is 6.03 Å². The van der Waals surface area contributed by atoms with Gasteiger partial charge in [0.2, 0.25) is 0 Å². The third kappa shape index (κ3) is 6.33. The average molecular weight is 326 g/mol. The molecule has 0 aliphatic heterocycles. The summed E-state index contributed by atoms with van der Waals surface area (Å²) in [6, 6.07) is 4.97. The zero-order valence-corrected chi connectivity index (χ0v) is 14.4. The largest absolute Gasteiger partial charge is 0.393 e. The second kappa shape index (κ2) is 7.63. The number of amides is 2. The first-order valence-electron chi connectivity index (χ1n) is 6.44. The van der Waals surface area contributed by atoms with E-state index in [9.17, 15) is 4.79 Å². The molecule has 116 valence electrons. The Labute approximate surface area is 135 Å². The molecule has 0 saturated heterocycles. The minimum atomic E-state index is -0.584. The van der Waals surface area contributed by atoms with E-state index in [2.05, 4.69) is 48.8 Å². The molecule has 0 heterocycles. The summed E-state index contributed by atoms with van der Waals surface area (Å²) < 4.78 is 3.35. The van der Waals surface area contributed by atoms with E-state index in [0.29, 0.717) is 5.69 Å². The minimum Gasteiger partial charge on any atom is -0.393 e. The third-order valence-corrected chi connectivity index (χ3v) is 3.92. The lowest BCUT2D eigenvalue weighted by atomic mass is 10.1. The number of hydrogen-bond acceptors (Lipinski definition) is 5. The summed E-state index contributed by atoms with van der Waals surface area (Å²) in [7, 11) is 1.82.